The van der Waals surface area contributed by atoms with E-state index in [1.54, 1.807) is 0 Å². The zero-order valence-electron chi connectivity index (χ0n) is 20.2. The number of piperazine rings is 1. The van der Waals surface area contributed by atoms with Gasteiger partial charge in [-0.2, -0.15) is 0 Å². The Morgan fingerprint density at radius 1 is 1.12 bits per heavy atom. The number of carbonyl (C=O) groups is 1. The Hall–Kier alpha value is -2.38. The minimum Gasteiger partial charge on any atom is -0.369 e. The lowest BCUT2D eigenvalue weighted by Crippen LogP contribution is -2.45. The first-order chi connectivity index (χ1) is 16.2. The van der Waals surface area contributed by atoms with E-state index in [4.69, 9.17) is 4.52 Å². The lowest BCUT2D eigenvalue weighted by atomic mass is 9.81. The quantitative estimate of drug-likeness (QED) is 0.630. The molecule has 2 saturated heterocycles. The van der Waals surface area contributed by atoms with Crippen molar-refractivity contribution in [1.82, 2.24) is 20.3 Å². The van der Waals surface area contributed by atoms with Crippen LogP contribution in [0.15, 0.2) is 40.9 Å². The number of amides is 1. The molecule has 0 bridgehead atoms. The Bertz CT molecular complexity index is 859. The highest BCUT2D eigenvalue weighted by Gasteiger charge is 2.29. The number of rotatable bonds is 9. The summed E-state index contributed by atoms with van der Waals surface area (Å²) in [6.07, 6.45) is 2.56. The van der Waals surface area contributed by atoms with Crippen molar-refractivity contribution in [3.05, 3.63) is 47.9 Å². The van der Waals surface area contributed by atoms with Crippen molar-refractivity contribution in [3.8, 4) is 0 Å². The van der Waals surface area contributed by atoms with Crippen molar-refractivity contribution < 1.29 is 9.32 Å². The second kappa shape index (κ2) is 11.7. The smallest absolute Gasteiger partial charge is 0.222 e. The Morgan fingerprint density at radius 2 is 1.88 bits per heavy atom. The molecule has 33 heavy (non-hydrogen) atoms. The van der Waals surface area contributed by atoms with E-state index in [0.717, 1.165) is 83.2 Å². The van der Waals surface area contributed by atoms with Gasteiger partial charge in [0.2, 0.25) is 5.91 Å². The van der Waals surface area contributed by atoms with E-state index in [9.17, 15) is 4.79 Å². The number of hydrogen-bond donors (Lipinski definition) is 1. The maximum Gasteiger partial charge on any atom is 0.222 e. The molecule has 2 aliphatic heterocycles. The molecule has 180 valence electrons. The molecule has 0 saturated carbocycles. The van der Waals surface area contributed by atoms with Gasteiger partial charge < -0.3 is 19.6 Å². The van der Waals surface area contributed by atoms with Crippen molar-refractivity contribution >= 4 is 11.6 Å². The summed E-state index contributed by atoms with van der Waals surface area (Å²) in [6.45, 7) is 12.5. The molecule has 0 radical (unpaired) electrons. The summed E-state index contributed by atoms with van der Waals surface area (Å²) in [5.41, 5.74) is 2.32. The first-order valence-electron chi connectivity index (χ1n) is 12.6. The number of piperidine rings is 1. The van der Waals surface area contributed by atoms with Gasteiger partial charge in [0.1, 0.15) is 0 Å². The highest BCUT2D eigenvalue weighted by molar-refractivity contribution is 5.76. The highest BCUT2D eigenvalue weighted by Crippen LogP contribution is 2.27. The second-order valence-electron chi connectivity index (χ2n) is 9.37. The molecule has 0 aliphatic carbocycles. The summed E-state index contributed by atoms with van der Waals surface area (Å²) >= 11 is 0. The lowest BCUT2D eigenvalue weighted by molar-refractivity contribution is -0.132. The van der Waals surface area contributed by atoms with Crippen molar-refractivity contribution in [2.24, 2.45) is 11.8 Å². The standard InChI is InChI=1S/C26H39N5O2/c1-3-30(4-2)26(32)17-21-10-11-27-19-22(21)16-23-18-25(33-28-23)20-29-12-14-31(15-13-29)24-8-6-5-7-9-24/h5-9,18,21-22,27H,3-4,10-17,19-20H2,1-2H3/t21-,22-/m0/s1. The van der Waals surface area contributed by atoms with Gasteiger partial charge >= 0.3 is 0 Å². The van der Waals surface area contributed by atoms with Gasteiger partial charge in [-0.15, -0.1) is 0 Å². The normalized spacial score (nSPS) is 21.8. The van der Waals surface area contributed by atoms with E-state index in [1.807, 2.05) is 4.90 Å². The Labute approximate surface area is 198 Å². The van der Waals surface area contributed by atoms with Gasteiger partial charge in [-0.05, 0) is 63.7 Å². The molecular formula is C26H39N5O2. The van der Waals surface area contributed by atoms with Crippen LogP contribution in [0.2, 0.25) is 0 Å². The van der Waals surface area contributed by atoms with Crippen LogP contribution in [-0.2, 0) is 17.8 Å². The number of nitrogens with zero attached hydrogens (tertiary/aromatic N) is 4. The molecule has 1 amide bonds. The Balaban J connectivity index is 1.27. The van der Waals surface area contributed by atoms with Gasteiger partial charge in [-0.3, -0.25) is 9.69 Å². The van der Waals surface area contributed by atoms with Crippen molar-refractivity contribution in [2.75, 3.05) is 57.3 Å². The van der Waals surface area contributed by atoms with Crippen LogP contribution in [0.5, 0.6) is 0 Å². The number of nitrogens with one attached hydrogen (secondary N) is 1. The SMILES string of the molecule is CCN(CC)C(=O)C[C@@H]1CCNC[C@@H]1Cc1cc(CN2CCN(c3ccccc3)CC2)on1. The molecule has 2 aromatic rings. The summed E-state index contributed by atoms with van der Waals surface area (Å²) in [7, 11) is 0. The molecule has 2 aliphatic rings. The van der Waals surface area contributed by atoms with Crippen molar-refractivity contribution in [1.29, 1.82) is 0 Å². The molecule has 1 aromatic carbocycles. The molecule has 4 rings (SSSR count). The van der Waals surface area contributed by atoms with Crippen LogP contribution in [0, 0.1) is 11.8 Å². The molecule has 7 heteroatoms. The molecule has 1 N–H and O–H groups in total. The summed E-state index contributed by atoms with van der Waals surface area (Å²) < 4.78 is 5.71. The maximum atomic E-state index is 12.7. The topological polar surface area (TPSA) is 64.9 Å². The van der Waals surface area contributed by atoms with E-state index in [2.05, 4.69) is 70.5 Å². The average Bonchev–Trinajstić information content (AvgIpc) is 3.29. The summed E-state index contributed by atoms with van der Waals surface area (Å²) in [5.74, 6) is 2.06. The van der Waals surface area contributed by atoms with Crippen molar-refractivity contribution in [3.63, 3.8) is 0 Å². The summed E-state index contributed by atoms with van der Waals surface area (Å²) in [6, 6.07) is 12.8. The number of hydrogen-bond acceptors (Lipinski definition) is 6. The molecule has 0 unspecified atom stereocenters. The third-order valence-electron chi connectivity index (χ3n) is 7.27. The monoisotopic (exact) mass is 453 g/mol. The number of benzene rings is 1. The van der Waals surface area contributed by atoms with E-state index >= 15 is 0 Å². The fourth-order valence-electron chi connectivity index (χ4n) is 5.23. The van der Waals surface area contributed by atoms with E-state index in [1.165, 1.54) is 5.69 Å². The van der Waals surface area contributed by atoms with Gasteiger partial charge in [0.05, 0.1) is 12.2 Å². The summed E-state index contributed by atoms with van der Waals surface area (Å²) in [4.78, 5) is 19.5. The molecule has 7 nitrogen and oxygen atoms in total. The van der Waals surface area contributed by atoms with Crippen LogP contribution in [0.1, 0.15) is 38.1 Å². The Kier molecular flexibility index (Phi) is 8.40. The summed E-state index contributed by atoms with van der Waals surface area (Å²) in [5, 5.41) is 7.89. The molecule has 0 spiro atoms. The highest BCUT2D eigenvalue weighted by atomic mass is 16.5. The number of para-hydroxylation sites is 1. The first kappa shape index (κ1) is 23.8. The van der Waals surface area contributed by atoms with E-state index < -0.39 is 0 Å². The molecule has 3 heterocycles. The second-order valence-corrected chi connectivity index (χ2v) is 9.37. The van der Waals surface area contributed by atoms with Crippen LogP contribution in [0.4, 0.5) is 5.69 Å². The van der Waals surface area contributed by atoms with E-state index in [0.29, 0.717) is 18.3 Å². The first-order valence-corrected chi connectivity index (χ1v) is 12.6. The van der Waals surface area contributed by atoms with Crippen LogP contribution in [-0.4, -0.2) is 73.2 Å². The van der Waals surface area contributed by atoms with Gasteiger partial charge in [-0.25, -0.2) is 0 Å². The largest absolute Gasteiger partial charge is 0.369 e. The van der Waals surface area contributed by atoms with Crippen LogP contribution >= 0.6 is 0 Å². The third-order valence-corrected chi connectivity index (χ3v) is 7.27. The molecule has 1 aromatic heterocycles. The lowest BCUT2D eigenvalue weighted by Gasteiger charge is -2.35. The fourth-order valence-corrected chi connectivity index (χ4v) is 5.23. The Morgan fingerprint density at radius 3 is 2.61 bits per heavy atom. The number of anilines is 1. The molecule has 2 fully saturated rings. The van der Waals surface area contributed by atoms with Gasteiger partial charge in [0.25, 0.3) is 0 Å². The number of aromatic nitrogens is 1. The minimum absolute atomic E-state index is 0.285. The van der Waals surface area contributed by atoms with Crippen LogP contribution in [0.3, 0.4) is 0 Å². The average molecular weight is 454 g/mol. The van der Waals surface area contributed by atoms with E-state index in [-0.39, 0.29) is 5.91 Å². The minimum atomic E-state index is 0.285. The fraction of sp³-hybridized carbons (Fsp3) is 0.615. The number of carbonyl (C=O) groups excluding carboxylic acids is 1. The molecular weight excluding hydrogens is 414 g/mol. The zero-order chi connectivity index (χ0) is 23.0. The van der Waals surface area contributed by atoms with Crippen LogP contribution < -0.4 is 10.2 Å². The maximum absolute atomic E-state index is 12.7. The van der Waals surface area contributed by atoms with Gasteiger partial charge in [-0.1, -0.05) is 23.4 Å². The predicted octanol–water partition coefficient (Wildman–Crippen LogP) is 3.02. The van der Waals surface area contributed by atoms with Gasteiger partial charge in [0, 0.05) is 57.4 Å². The third kappa shape index (κ3) is 6.36. The van der Waals surface area contributed by atoms with Crippen molar-refractivity contribution in [2.45, 2.75) is 39.7 Å². The van der Waals surface area contributed by atoms with Crippen LogP contribution in [0.25, 0.3) is 0 Å². The predicted molar refractivity (Wildman–Crippen MR) is 131 cm³/mol. The zero-order valence-corrected chi connectivity index (χ0v) is 20.2. The molecule has 2 atom stereocenters. The van der Waals surface area contributed by atoms with Gasteiger partial charge in [0.15, 0.2) is 5.76 Å².